The minimum absolute atomic E-state index is 0.00904. The predicted octanol–water partition coefficient (Wildman–Crippen LogP) is 3.43. The number of hydrogen-bond donors (Lipinski definition) is 0. The summed E-state index contributed by atoms with van der Waals surface area (Å²) in [6, 6.07) is 11.7. The number of aryl methyl sites for hydroxylation is 1. The zero-order valence-corrected chi connectivity index (χ0v) is 14.6. The van der Waals surface area contributed by atoms with Crippen LogP contribution >= 0.6 is 0 Å². The Labute approximate surface area is 143 Å². The van der Waals surface area contributed by atoms with E-state index in [2.05, 4.69) is 16.9 Å². The molecule has 1 aliphatic rings. The lowest BCUT2D eigenvalue weighted by molar-refractivity contribution is 0.0677. The number of carbonyl (C=O) groups excluding carboxylic acids is 1. The zero-order valence-electron chi connectivity index (χ0n) is 14.6. The number of anilines is 2. The Hall–Kier alpha value is -2.43. The molecule has 0 bridgehead atoms. The Kier molecular flexibility index (Phi) is 4.79. The lowest BCUT2D eigenvalue weighted by atomic mass is 10.00. The molecule has 1 saturated heterocycles. The van der Waals surface area contributed by atoms with Gasteiger partial charge in [0.2, 0.25) is 5.95 Å². The standard InChI is InChI=1S/C19H24N4O/c1-14-8-7-11-23(13-14)18(24)17-12-15(2)20-19(21-17)22(3)16-9-5-4-6-10-16/h4-6,9-10,12,14H,7-8,11,13H2,1-3H3. The number of amides is 1. The van der Waals surface area contributed by atoms with Crippen LogP contribution in [0.3, 0.4) is 0 Å². The van der Waals surface area contributed by atoms with E-state index in [1.54, 1.807) is 6.07 Å². The second kappa shape index (κ2) is 6.99. The number of rotatable bonds is 3. The minimum atomic E-state index is 0.00904. The molecular weight excluding hydrogens is 300 g/mol. The van der Waals surface area contributed by atoms with E-state index in [4.69, 9.17) is 0 Å². The summed E-state index contributed by atoms with van der Waals surface area (Å²) >= 11 is 0. The Bertz CT molecular complexity index is 717. The SMILES string of the molecule is Cc1cc(C(=O)N2CCCC(C)C2)nc(N(C)c2ccccc2)n1. The summed E-state index contributed by atoms with van der Waals surface area (Å²) in [5, 5.41) is 0. The van der Waals surface area contributed by atoms with Gasteiger partial charge in [0.25, 0.3) is 5.91 Å². The van der Waals surface area contributed by atoms with Gasteiger partial charge in [-0.2, -0.15) is 0 Å². The van der Waals surface area contributed by atoms with Crippen LogP contribution in [0.25, 0.3) is 0 Å². The van der Waals surface area contributed by atoms with E-state index in [-0.39, 0.29) is 5.91 Å². The summed E-state index contributed by atoms with van der Waals surface area (Å²) in [5.74, 6) is 1.11. The monoisotopic (exact) mass is 324 g/mol. The van der Waals surface area contributed by atoms with Crippen molar-refractivity contribution in [3.05, 3.63) is 47.8 Å². The molecule has 1 aromatic carbocycles. The van der Waals surface area contributed by atoms with Crippen LogP contribution in [0.2, 0.25) is 0 Å². The van der Waals surface area contributed by atoms with Crippen LogP contribution in [0.1, 0.15) is 35.9 Å². The lowest BCUT2D eigenvalue weighted by Gasteiger charge is -2.30. The molecular formula is C19H24N4O. The molecule has 5 nitrogen and oxygen atoms in total. The molecule has 0 radical (unpaired) electrons. The van der Waals surface area contributed by atoms with E-state index in [0.29, 0.717) is 17.6 Å². The first-order chi connectivity index (χ1) is 11.5. The van der Waals surface area contributed by atoms with Gasteiger partial charge in [-0.25, -0.2) is 9.97 Å². The molecule has 1 atom stereocenters. The third-order valence-corrected chi connectivity index (χ3v) is 4.45. The molecule has 0 aliphatic carbocycles. The Morgan fingerprint density at radius 1 is 1.25 bits per heavy atom. The van der Waals surface area contributed by atoms with Gasteiger partial charge in [-0.15, -0.1) is 0 Å². The average Bonchev–Trinajstić information content (AvgIpc) is 2.60. The van der Waals surface area contributed by atoms with E-state index >= 15 is 0 Å². The van der Waals surface area contributed by atoms with Crippen LogP contribution in [-0.2, 0) is 0 Å². The Balaban J connectivity index is 1.87. The number of hydrogen-bond acceptors (Lipinski definition) is 4. The molecule has 0 N–H and O–H groups in total. The van der Waals surface area contributed by atoms with Gasteiger partial charge in [0, 0.05) is 31.5 Å². The topological polar surface area (TPSA) is 49.3 Å². The molecule has 0 saturated carbocycles. The molecule has 126 valence electrons. The van der Waals surface area contributed by atoms with Crippen molar-refractivity contribution in [1.82, 2.24) is 14.9 Å². The molecule has 1 aliphatic heterocycles. The van der Waals surface area contributed by atoms with Gasteiger partial charge < -0.3 is 9.80 Å². The van der Waals surface area contributed by atoms with Crippen LogP contribution < -0.4 is 4.90 Å². The van der Waals surface area contributed by atoms with Crippen molar-refractivity contribution in [2.24, 2.45) is 5.92 Å². The third-order valence-electron chi connectivity index (χ3n) is 4.45. The normalized spacial score (nSPS) is 17.6. The first-order valence-corrected chi connectivity index (χ1v) is 8.48. The largest absolute Gasteiger partial charge is 0.337 e. The van der Waals surface area contributed by atoms with Gasteiger partial charge in [0.15, 0.2) is 0 Å². The van der Waals surface area contributed by atoms with E-state index in [0.717, 1.165) is 30.9 Å². The van der Waals surface area contributed by atoms with Gasteiger partial charge in [-0.3, -0.25) is 4.79 Å². The van der Waals surface area contributed by atoms with E-state index < -0.39 is 0 Å². The van der Waals surface area contributed by atoms with Gasteiger partial charge in [-0.1, -0.05) is 25.1 Å². The van der Waals surface area contributed by atoms with Crippen LogP contribution in [0.15, 0.2) is 36.4 Å². The predicted molar refractivity (Wildman–Crippen MR) is 95.6 cm³/mol. The molecule has 1 fully saturated rings. The molecule has 1 aromatic heterocycles. The average molecular weight is 324 g/mol. The smallest absolute Gasteiger partial charge is 0.272 e. The van der Waals surface area contributed by atoms with Crippen molar-refractivity contribution < 1.29 is 4.79 Å². The van der Waals surface area contributed by atoms with Crippen molar-refractivity contribution in [1.29, 1.82) is 0 Å². The fraction of sp³-hybridized carbons (Fsp3) is 0.421. The highest BCUT2D eigenvalue weighted by Crippen LogP contribution is 2.22. The van der Waals surface area contributed by atoms with Crippen molar-refractivity contribution >= 4 is 17.5 Å². The van der Waals surface area contributed by atoms with Crippen LogP contribution in [0, 0.1) is 12.8 Å². The van der Waals surface area contributed by atoms with Gasteiger partial charge in [0.1, 0.15) is 5.69 Å². The highest BCUT2D eigenvalue weighted by atomic mass is 16.2. The number of nitrogens with zero attached hydrogens (tertiary/aromatic N) is 4. The van der Waals surface area contributed by atoms with Gasteiger partial charge in [0.05, 0.1) is 0 Å². The van der Waals surface area contributed by atoms with E-state index in [9.17, 15) is 4.79 Å². The summed E-state index contributed by atoms with van der Waals surface area (Å²) in [7, 11) is 1.92. The second-order valence-corrected chi connectivity index (χ2v) is 6.59. The lowest BCUT2D eigenvalue weighted by Crippen LogP contribution is -2.39. The molecule has 3 rings (SSSR count). The highest BCUT2D eigenvalue weighted by molar-refractivity contribution is 5.92. The number of likely N-dealkylation sites (tertiary alicyclic amines) is 1. The Morgan fingerprint density at radius 3 is 2.71 bits per heavy atom. The van der Waals surface area contributed by atoms with Crippen molar-refractivity contribution in [3.63, 3.8) is 0 Å². The number of piperidine rings is 1. The molecule has 24 heavy (non-hydrogen) atoms. The van der Waals surface area contributed by atoms with Crippen LogP contribution in [-0.4, -0.2) is 40.9 Å². The van der Waals surface area contributed by atoms with Crippen LogP contribution in [0.5, 0.6) is 0 Å². The maximum atomic E-state index is 12.8. The number of para-hydroxylation sites is 1. The number of aromatic nitrogens is 2. The minimum Gasteiger partial charge on any atom is -0.337 e. The molecule has 0 spiro atoms. The molecule has 1 amide bonds. The highest BCUT2D eigenvalue weighted by Gasteiger charge is 2.24. The van der Waals surface area contributed by atoms with Crippen molar-refractivity contribution in [2.75, 3.05) is 25.0 Å². The van der Waals surface area contributed by atoms with E-state index in [1.807, 2.05) is 54.1 Å². The summed E-state index contributed by atoms with van der Waals surface area (Å²) in [4.78, 5) is 25.7. The quantitative estimate of drug-likeness (QED) is 0.868. The fourth-order valence-corrected chi connectivity index (χ4v) is 3.12. The number of carbonyl (C=O) groups is 1. The zero-order chi connectivity index (χ0) is 17.1. The number of benzene rings is 1. The van der Waals surface area contributed by atoms with Gasteiger partial charge in [-0.05, 0) is 43.9 Å². The molecule has 1 unspecified atom stereocenters. The summed E-state index contributed by atoms with van der Waals surface area (Å²) in [6.45, 7) is 5.72. The maximum absolute atomic E-state index is 12.8. The maximum Gasteiger partial charge on any atom is 0.272 e. The van der Waals surface area contributed by atoms with Crippen LogP contribution in [0.4, 0.5) is 11.6 Å². The summed E-state index contributed by atoms with van der Waals surface area (Å²) < 4.78 is 0. The van der Waals surface area contributed by atoms with E-state index in [1.165, 1.54) is 6.42 Å². The van der Waals surface area contributed by atoms with Gasteiger partial charge >= 0.3 is 0 Å². The molecule has 2 aromatic rings. The first kappa shape index (κ1) is 16.4. The summed E-state index contributed by atoms with van der Waals surface area (Å²) in [6.07, 6.45) is 2.25. The fourth-order valence-electron chi connectivity index (χ4n) is 3.12. The Morgan fingerprint density at radius 2 is 2.00 bits per heavy atom. The third kappa shape index (κ3) is 3.55. The van der Waals surface area contributed by atoms with Crippen molar-refractivity contribution in [2.45, 2.75) is 26.7 Å². The molecule has 5 heteroatoms. The second-order valence-electron chi connectivity index (χ2n) is 6.59. The van der Waals surface area contributed by atoms with Crippen molar-refractivity contribution in [3.8, 4) is 0 Å². The summed E-state index contributed by atoms with van der Waals surface area (Å²) in [5.41, 5.74) is 2.28. The molecule has 2 heterocycles. The first-order valence-electron chi connectivity index (χ1n) is 8.48.